The summed E-state index contributed by atoms with van der Waals surface area (Å²) >= 11 is 0. The van der Waals surface area contributed by atoms with Gasteiger partial charge in [0.25, 0.3) is 20.2 Å². The van der Waals surface area contributed by atoms with Crippen LogP contribution in [0.1, 0.15) is 11.1 Å². The predicted octanol–water partition coefficient (Wildman–Crippen LogP) is 7.59. The van der Waals surface area contributed by atoms with E-state index in [1.54, 1.807) is 75.7 Å². The van der Waals surface area contributed by atoms with Crippen LogP contribution < -0.4 is 22.4 Å². The summed E-state index contributed by atoms with van der Waals surface area (Å²) in [5.41, 5.74) is 14.8. The zero-order chi connectivity index (χ0) is 41.4. The fourth-order valence-electron chi connectivity index (χ4n) is 6.17. The maximum absolute atomic E-state index is 12.4. The normalized spacial score (nSPS) is 12.7. The molecular formula is C36H32BN10O8S2. The van der Waals surface area contributed by atoms with E-state index in [2.05, 4.69) is 40.9 Å². The van der Waals surface area contributed by atoms with E-state index in [0.29, 0.717) is 27.7 Å². The van der Waals surface area contributed by atoms with Crippen LogP contribution in [0.2, 0.25) is 0 Å². The molecule has 0 saturated carbocycles. The van der Waals surface area contributed by atoms with E-state index in [-0.39, 0.29) is 61.4 Å². The zero-order valence-electron chi connectivity index (χ0n) is 30.5. The minimum Gasteiger partial charge on any atom is -0.505 e. The molecule has 8 N–H and O–H groups in total. The first kappa shape index (κ1) is 40.0. The maximum Gasteiger partial charge on any atom is 0.296 e. The highest BCUT2D eigenvalue weighted by Crippen LogP contribution is 2.48. The van der Waals surface area contributed by atoms with Crippen molar-refractivity contribution in [2.24, 2.45) is 40.9 Å². The molecular weight excluding hydrogens is 775 g/mol. The number of phenolic OH excluding ortho intramolecular Hbond substituents is 2. The first-order valence-corrected chi connectivity index (χ1v) is 19.4. The van der Waals surface area contributed by atoms with Gasteiger partial charge in [-0.05, 0) is 84.3 Å². The van der Waals surface area contributed by atoms with Crippen LogP contribution in [-0.4, -0.2) is 57.5 Å². The molecule has 6 aromatic rings. The van der Waals surface area contributed by atoms with Gasteiger partial charge in [0.2, 0.25) is 0 Å². The highest BCUT2D eigenvalue weighted by Gasteiger charge is 2.26. The van der Waals surface area contributed by atoms with E-state index in [9.17, 15) is 36.2 Å². The number of rotatable bonds is 10. The van der Waals surface area contributed by atoms with Crippen molar-refractivity contribution in [3.8, 4) is 11.5 Å². The molecule has 0 bridgehead atoms. The van der Waals surface area contributed by atoms with Crippen molar-refractivity contribution in [2.45, 2.75) is 23.6 Å². The molecule has 0 heterocycles. The van der Waals surface area contributed by atoms with Crippen LogP contribution in [0.3, 0.4) is 0 Å². The van der Waals surface area contributed by atoms with Gasteiger partial charge in [-0.25, -0.2) is 0 Å². The van der Waals surface area contributed by atoms with Gasteiger partial charge < -0.3 is 21.7 Å². The largest absolute Gasteiger partial charge is 0.505 e. The van der Waals surface area contributed by atoms with Crippen LogP contribution in [0.15, 0.2) is 124 Å². The number of hydrogen-bond acceptors (Lipinski definition) is 16. The zero-order valence-corrected chi connectivity index (χ0v) is 32.1. The average Bonchev–Trinajstić information content (AvgIpc) is 3.13. The number of aryl methyl sites for hydroxylation is 2. The number of azo groups is 4. The minimum atomic E-state index is -4.87. The Kier molecular flexibility index (Phi) is 10.8. The van der Waals surface area contributed by atoms with Gasteiger partial charge in [0.1, 0.15) is 32.5 Å². The second-order valence-electron chi connectivity index (χ2n) is 12.5. The Bertz CT molecular complexity index is 2990. The number of phenols is 2. The molecule has 6 aromatic carbocycles. The van der Waals surface area contributed by atoms with E-state index in [4.69, 9.17) is 11.5 Å². The van der Waals surface area contributed by atoms with Gasteiger partial charge in [-0.3, -0.25) is 9.11 Å². The number of nitrogens with two attached hydrogens (primary N) is 2. The van der Waals surface area contributed by atoms with Gasteiger partial charge in [-0.2, -0.15) is 47.5 Å². The van der Waals surface area contributed by atoms with Crippen LogP contribution in [0.25, 0.3) is 21.5 Å². The summed E-state index contributed by atoms with van der Waals surface area (Å²) in [6, 6.07) is 19.0. The Morgan fingerprint density at radius 1 is 0.544 bits per heavy atom. The molecule has 57 heavy (non-hydrogen) atoms. The fourth-order valence-corrected chi connectivity index (χ4v) is 7.50. The molecule has 0 spiro atoms. The lowest BCUT2D eigenvalue weighted by Crippen LogP contribution is -2.26. The maximum atomic E-state index is 12.4. The smallest absolute Gasteiger partial charge is 0.296 e. The van der Waals surface area contributed by atoms with Gasteiger partial charge in [0.05, 0.1) is 33.5 Å². The molecule has 289 valence electrons. The van der Waals surface area contributed by atoms with Crippen LogP contribution >= 0.6 is 0 Å². The highest BCUT2D eigenvalue weighted by atomic mass is 32.2. The molecule has 1 radical (unpaired) electrons. The number of aromatic hydroxyl groups is 2. The van der Waals surface area contributed by atoms with Crippen molar-refractivity contribution in [3.05, 3.63) is 83.9 Å². The van der Waals surface area contributed by atoms with Gasteiger partial charge in [0.15, 0.2) is 18.8 Å². The van der Waals surface area contributed by atoms with Crippen LogP contribution in [0, 0.1) is 13.8 Å². The lowest BCUT2D eigenvalue weighted by molar-refractivity contribution is 0.472. The summed E-state index contributed by atoms with van der Waals surface area (Å²) in [7, 11) is -5.08. The second-order valence-corrected chi connectivity index (χ2v) is 15.3. The lowest BCUT2D eigenvalue weighted by atomic mass is 9.64. The van der Waals surface area contributed by atoms with Crippen molar-refractivity contribution in [1.82, 2.24) is 0 Å². The lowest BCUT2D eigenvalue weighted by Gasteiger charge is -2.13. The Morgan fingerprint density at radius 3 is 1.46 bits per heavy atom. The Morgan fingerprint density at radius 2 is 0.965 bits per heavy atom. The second kappa shape index (κ2) is 15.5. The molecule has 0 unspecified atom stereocenters. The third kappa shape index (κ3) is 8.03. The molecule has 0 aromatic heterocycles. The minimum absolute atomic E-state index is 0.0320. The van der Waals surface area contributed by atoms with Crippen molar-refractivity contribution in [1.29, 1.82) is 0 Å². The Hall–Kier alpha value is -6.68. The average molecular weight is 808 g/mol. The molecule has 18 nitrogen and oxygen atoms in total. The number of anilines is 2. The topological polar surface area (TPSA) is 300 Å². The molecule has 0 amide bonds. The Balaban J connectivity index is 1.30. The number of nitrogen functional groups attached to an aromatic ring is 2. The fraction of sp³-hybridized carbons (Fsp3) is 0.111. The van der Waals surface area contributed by atoms with Crippen molar-refractivity contribution >= 4 is 105 Å². The Labute approximate surface area is 326 Å². The summed E-state index contributed by atoms with van der Waals surface area (Å²) < 4.78 is 68.7. The molecule has 0 atom stereocenters. The molecule has 0 saturated heterocycles. The molecule has 6 rings (SSSR count). The summed E-state index contributed by atoms with van der Waals surface area (Å²) in [6.45, 7) is 3.31. The molecule has 0 aliphatic carbocycles. The number of benzene rings is 6. The summed E-state index contributed by atoms with van der Waals surface area (Å²) in [5.74, 6) is -1.02. The van der Waals surface area contributed by atoms with Gasteiger partial charge in [-0.15, -0.1) is 10.2 Å². The van der Waals surface area contributed by atoms with Crippen LogP contribution in [-0.2, 0) is 20.2 Å². The summed E-state index contributed by atoms with van der Waals surface area (Å²) in [4.78, 5) is -1.25. The number of hydrogen-bond donors (Lipinski definition) is 6. The molecule has 0 fully saturated rings. The van der Waals surface area contributed by atoms with Crippen LogP contribution in [0.5, 0.6) is 11.5 Å². The number of nitrogens with zero attached hydrogens (tertiary/aromatic N) is 8. The first-order chi connectivity index (χ1) is 26.9. The standard InChI is InChI=1S/C36H32BN10O8S2/c1-17-11-19-14-26(57(53,54)55)34(36(49)27(19)29(38)31(17)44-40-3)47-43-24-10-6-8-22(16-24)37-21-7-5-9-23(15-21)42-46-32-18(2)12-20-13-25(56(50,51)52)33(45-41-4)30(39)28(20)35(32)48/h5-16,48-49H,38-39H2,1-4H3,(H,50,51,52)(H,53,54,55). The quantitative estimate of drug-likeness (QED) is 0.0341. The van der Waals surface area contributed by atoms with E-state index in [1.165, 1.54) is 20.2 Å². The predicted molar refractivity (Wildman–Crippen MR) is 216 cm³/mol. The SMILES string of the molecule is CN=Nc1c(C)cc2cc(S(=O)(=O)O)c(N=Nc3cccc([B]c4cccc(N=Nc5c(C)cc6cc(S(=O)(=O)O)c(N=NC)c(N)c6c5O)c4)c3)c(O)c2c1N. The number of fused-ring (bicyclic) bond motifs is 2. The highest BCUT2D eigenvalue weighted by molar-refractivity contribution is 7.86. The summed E-state index contributed by atoms with van der Waals surface area (Å²) in [6.07, 6.45) is 0. The van der Waals surface area contributed by atoms with Gasteiger partial charge >= 0.3 is 0 Å². The van der Waals surface area contributed by atoms with E-state index < -0.39 is 41.5 Å². The molecule has 0 aliphatic rings. The third-order valence-corrected chi connectivity index (χ3v) is 10.4. The van der Waals surface area contributed by atoms with Gasteiger partial charge in [0, 0.05) is 14.1 Å². The van der Waals surface area contributed by atoms with E-state index >= 15 is 0 Å². The molecule has 0 aliphatic heterocycles. The van der Waals surface area contributed by atoms with Gasteiger partial charge in [-0.1, -0.05) is 35.2 Å². The van der Waals surface area contributed by atoms with Crippen molar-refractivity contribution in [3.63, 3.8) is 0 Å². The summed E-state index contributed by atoms with van der Waals surface area (Å²) in [5, 5.41) is 54.8. The monoisotopic (exact) mass is 807 g/mol. The third-order valence-electron chi connectivity index (χ3n) is 8.64. The van der Waals surface area contributed by atoms with Crippen molar-refractivity contribution in [2.75, 3.05) is 25.6 Å². The first-order valence-electron chi connectivity index (χ1n) is 16.5. The van der Waals surface area contributed by atoms with Crippen molar-refractivity contribution < 1.29 is 36.2 Å². The van der Waals surface area contributed by atoms with E-state index in [1.807, 2.05) is 0 Å². The van der Waals surface area contributed by atoms with E-state index in [0.717, 1.165) is 12.1 Å². The van der Waals surface area contributed by atoms with Crippen LogP contribution in [0.4, 0.5) is 45.5 Å². The molecule has 21 heteroatoms.